The predicted molar refractivity (Wildman–Crippen MR) is 92.1 cm³/mol. The van der Waals surface area contributed by atoms with Crippen LogP contribution in [-0.4, -0.2) is 11.7 Å². The molecular formula is C17H16N5OS+. The van der Waals surface area contributed by atoms with Crippen LogP contribution in [0.4, 0.5) is 11.5 Å². The highest BCUT2D eigenvalue weighted by molar-refractivity contribution is 7.99. The molecule has 0 spiro atoms. The Hall–Kier alpha value is -3.03. The molecule has 4 N–H and O–H groups in total. The lowest BCUT2D eigenvalue weighted by atomic mass is 10.1. The van der Waals surface area contributed by atoms with Crippen molar-refractivity contribution in [3.63, 3.8) is 0 Å². The summed E-state index contributed by atoms with van der Waals surface area (Å²) < 4.78 is 0. The summed E-state index contributed by atoms with van der Waals surface area (Å²) in [6.45, 7) is 3.88. The first-order valence-corrected chi connectivity index (χ1v) is 8.09. The van der Waals surface area contributed by atoms with Gasteiger partial charge in [0, 0.05) is 5.69 Å². The van der Waals surface area contributed by atoms with E-state index in [1.807, 2.05) is 44.2 Å². The molecule has 0 saturated heterocycles. The van der Waals surface area contributed by atoms with Gasteiger partial charge in [0.1, 0.15) is 23.3 Å². The van der Waals surface area contributed by atoms with Crippen molar-refractivity contribution in [1.29, 1.82) is 10.5 Å². The van der Waals surface area contributed by atoms with Crippen molar-refractivity contribution in [2.24, 2.45) is 0 Å². The number of carbonyl (C=O) groups is 1. The number of nitriles is 2. The molecule has 0 saturated carbocycles. The van der Waals surface area contributed by atoms with E-state index in [1.165, 1.54) is 6.07 Å². The summed E-state index contributed by atoms with van der Waals surface area (Å²) in [6, 6.07) is 11.2. The van der Waals surface area contributed by atoms with Crippen LogP contribution < -0.4 is 16.0 Å². The third-order valence-corrected chi connectivity index (χ3v) is 4.34. The van der Waals surface area contributed by atoms with Crippen LogP contribution in [0.3, 0.4) is 0 Å². The maximum absolute atomic E-state index is 12.1. The second-order valence-electron chi connectivity index (χ2n) is 5.22. The Labute approximate surface area is 144 Å². The number of aryl methyl sites for hydroxylation is 2. The number of carbonyl (C=O) groups excluding carboxylic acids is 1. The number of rotatable bonds is 4. The Balaban J connectivity index is 2.10. The summed E-state index contributed by atoms with van der Waals surface area (Å²) in [7, 11) is 0. The van der Waals surface area contributed by atoms with Crippen molar-refractivity contribution in [3.8, 4) is 12.1 Å². The monoisotopic (exact) mass is 338 g/mol. The third-order valence-electron chi connectivity index (χ3n) is 3.33. The van der Waals surface area contributed by atoms with Gasteiger partial charge in [-0.25, -0.2) is 4.98 Å². The van der Waals surface area contributed by atoms with Crippen molar-refractivity contribution < 1.29 is 9.78 Å². The molecule has 2 aromatic rings. The zero-order valence-corrected chi connectivity index (χ0v) is 14.1. The molecule has 120 valence electrons. The number of nitrogens with one attached hydrogen (secondary N) is 2. The molecule has 1 aromatic carbocycles. The first kappa shape index (κ1) is 17.3. The molecule has 7 heteroatoms. The number of nitrogens with two attached hydrogens (primary N) is 1. The van der Waals surface area contributed by atoms with Crippen LogP contribution in [0.15, 0.2) is 29.3 Å². The van der Waals surface area contributed by atoms with Crippen LogP contribution in [0.5, 0.6) is 0 Å². The summed E-state index contributed by atoms with van der Waals surface area (Å²) in [4.78, 5) is 14.9. The highest BCUT2D eigenvalue weighted by Gasteiger charge is 2.16. The van der Waals surface area contributed by atoms with E-state index in [0.29, 0.717) is 5.03 Å². The topological polar surface area (TPSA) is 117 Å². The van der Waals surface area contributed by atoms with E-state index in [0.717, 1.165) is 28.6 Å². The molecule has 0 radical (unpaired) electrons. The van der Waals surface area contributed by atoms with Gasteiger partial charge in [0.2, 0.25) is 5.91 Å². The number of hydrogen-bond acceptors (Lipinski definition) is 5. The summed E-state index contributed by atoms with van der Waals surface area (Å²) in [5, 5.41) is 21.4. The van der Waals surface area contributed by atoms with Gasteiger partial charge in [-0.3, -0.25) is 10.5 Å². The number of aromatic nitrogens is 1. The fourth-order valence-corrected chi connectivity index (χ4v) is 2.82. The number of nitrogen functional groups attached to an aromatic ring is 1. The van der Waals surface area contributed by atoms with Crippen LogP contribution in [0.1, 0.15) is 22.3 Å². The minimum Gasteiger partial charge on any atom is -0.325 e. The molecular weight excluding hydrogens is 322 g/mol. The summed E-state index contributed by atoms with van der Waals surface area (Å²) in [5.41, 5.74) is 9.01. The maximum atomic E-state index is 12.1. The molecule has 6 nitrogen and oxygen atoms in total. The van der Waals surface area contributed by atoms with Gasteiger partial charge in [0.05, 0.1) is 5.75 Å². The van der Waals surface area contributed by atoms with Crippen LogP contribution in [0.2, 0.25) is 0 Å². The molecule has 0 atom stereocenters. The lowest BCUT2D eigenvalue weighted by Gasteiger charge is -2.09. The standard InChI is InChI=1S/C17H15N5OS/c1-10-3-4-11(2)14(5-10)21-15(23)9-24-17-13(8-19)6-12(7-18)16(20)22-17/h3-6H,9H2,1-2H3,(H2,20,22)(H,21,23)/p+1. The highest BCUT2D eigenvalue weighted by Crippen LogP contribution is 2.21. The number of amides is 1. The minimum atomic E-state index is -0.186. The van der Waals surface area contributed by atoms with Crippen molar-refractivity contribution in [3.05, 3.63) is 46.5 Å². The van der Waals surface area contributed by atoms with E-state index >= 15 is 0 Å². The first-order valence-electron chi connectivity index (χ1n) is 7.10. The molecule has 0 aliphatic rings. The summed E-state index contributed by atoms with van der Waals surface area (Å²) >= 11 is 1.16. The Morgan fingerprint density at radius 3 is 2.62 bits per heavy atom. The molecule has 0 fully saturated rings. The Bertz CT molecular complexity index is 880. The van der Waals surface area contributed by atoms with E-state index in [-0.39, 0.29) is 28.6 Å². The van der Waals surface area contributed by atoms with Crippen LogP contribution in [0.25, 0.3) is 0 Å². The smallest absolute Gasteiger partial charge is 0.289 e. The average molecular weight is 338 g/mol. The Kier molecular flexibility index (Phi) is 5.41. The van der Waals surface area contributed by atoms with E-state index in [1.54, 1.807) is 0 Å². The zero-order chi connectivity index (χ0) is 17.7. The predicted octanol–water partition coefficient (Wildman–Crippen LogP) is 2.17. The second kappa shape index (κ2) is 7.49. The number of aromatic amines is 1. The fourth-order valence-electron chi connectivity index (χ4n) is 2.03. The molecule has 0 bridgehead atoms. The quantitative estimate of drug-likeness (QED) is 0.829. The Morgan fingerprint density at radius 2 is 1.96 bits per heavy atom. The molecule has 2 rings (SSSR count). The van der Waals surface area contributed by atoms with Gasteiger partial charge >= 0.3 is 0 Å². The van der Waals surface area contributed by atoms with Crippen molar-refractivity contribution in [2.45, 2.75) is 18.9 Å². The molecule has 0 unspecified atom stereocenters. The molecule has 0 aliphatic carbocycles. The number of hydrogen-bond donors (Lipinski definition) is 2. The normalized spacial score (nSPS) is 9.83. The van der Waals surface area contributed by atoms with E-state index in [4.69, 9.17) is 16.3 Å². The van der Waals surface area contributed by atoms with Gasteiger partial charge in [-0.05, 0) is 37.1 Å². The van der Waals surface area contributed by atoms with Crippen LogP contribution in [-0.2, 0) is 4.79 Å². The first-order chi connectivity index (χ1) is 11.4. The van der Waals surface area contributed by atoms with E-state index in [2.05, 4.69) is 10.3 Å². The lowest BCUT2D eigenvalue weighted by Crippen LogP contribution is -2.20. The number of benzene rings is 1. The molecule has 24 heavy (non-hydrogen) atoms. The summed E-state index contributed by atoms with van der Waals surface area (Å²) in [6.07, 6.45) is 0. The third kappa shape index (κ3) is 4.03. The fraction of sp³-hybridized carbons (Fsp3) is 0.176. The van der Waals surface area contributed by atoms with Crippen LogP contribution in [0, 0.1) is 36.5 Å². The number of pyridine rings is 1. The molecule has 1 heterocycles. The maximum Gasteiger partial charge on any atom is 0.289 e. The average Bonchev–Trinajstić information content (AvgIpc) is 2.56. The molecule has 1 amide bonds. The van der Waals surface area contributed by atoms with Crippen molar-refractivity contribution in [1.82, 2.24) is 0 Å². The van der Waals surface area contributed by atoms with E-state index < -0.39 is 0 Å². The highest BCUT2D eigenvalue weighted by atomic mass is 32.2. The van der Waals surface area contributed by atoms with E-state index in [9.17, 15) is 4.79 Å². The van der Waals surface area contributed by atoms with Gasteiger partial charge < -0.3 is 5.32 Å². The minimum absolute atomic E-state index is 0.115. The second-order valence-corrected chi connectivity index (χ2v) is 6.20. The molecule has 0 aliphatic heterocycles. The van der Waals surface area contributed by atoms with Crippen LogP contribution >= 0.6 is 11.8 Å². The number of nitrogens with zero attached hydrogens (tertiary/aromatic N) is 2. The van der Waals surface area contributed by atoms with Gasteiger partial charge in [0.15, 0.2) is 5.03 Å². The summed E-state index contributed by atoms with van der Waals surface area (Å²) in [5.74, 6) is 0.104. The van der Waals surface area contributed by atoms with Crippen molar-refractivity contribution >= 4 is 29.2 Å². The van der Waals surface area contributed by atoms with Gasteiger partial charge in [0.25, 0.3) is 5.82 Å². The zero-order valence-electron chi connectivity index (χ0n) is 13.3. The SMILES string of the molecule is Cc1ccc(C)c(NC(=O)CSc2[nH+]c(N)c(C#N)cc2C#N)c1. The van der Waals surface area contributed by atoms with Gasteiger partial charge in [-0.2, -0.15) is 10.5 Å². The lowest BCUT2D eigenvalue weighted by molar-refractivity contribution is -0.410. The van der Waals surface area contributed by atoms with Gasteiger partial charge in [-0.1, -0.05) is 23.9 Å². The van der Waals surface area contributed by atoms with Crippen molar-refractivity contribution in [2.75, 3.05) is 16.8 Å². The number of H-pyrrole nitrogens is 1. The largest absolute Gasteiger partial charge is 0.325 e. The van der Waals surface area contributed by atoms with Gasteiger partial charge in [-0.15, -0.1) is 0 Å². The molecule has 1 aromatic heterocycles. The Morgan fingerprint density at radius 1 is 1.25 bits per heavy atom. The number of thioether (sulfide) groups is 1. The number of anilines is 2.